The lowest BCUT2D eigenvalue weighted by Crippen LogP contribution is -2.26. The molecule has 26 heavy (non-hydrogen) atoms. The maximum absolute atomic E-state index is 12.3. The average molecular weight is 352 g/mol. The number of furan rings is 1. The van der Waals surface area contributed by atoms with E-state index in [0.29, 0.717) is 37.0 Å². The van der Waals surface area contributed by atoms with Gasteiger partial charge in [0.2, 0.25) is 5.88 Å². The summed E-state index contributed by atoms with van der Waals surface area (Å²) in [6, 6.07) is 13.1. The highest BCUT2D eigenvalue weighted by molar-refractivity contribution is 5.93. The van der Waals surface area contributed by atoms with Crippen molar-refractivity contribution in [1.29, 1.82) is 0 Å². The highest BCUT2D eigenvalue weighted by Crippen LogP contribution is 2.19. The molecular formula is C20H20N2O4. The van der Waals surface area contributed by atoms with Crippen LogP contribution in [0.5, 0.6) is 5.88 Å². The Morgan fingerprint density at radius 2 is 2.04 bits per heavy atom. The number of benzene rings is 1. The van der Waals surface area contributed by atoms with Crippen molar-refractivity contribution in [1.82, 2.24) is 10.3 Å². The Morgan fingerprint density at radius 3 is 2.81 bits per heavy atom. The van der Waals surface area contributed by atoms with Crippen molar-refractivity contribution < 1.29 is 18.7 Å². The first-order chi connectivity index (χ1) is 12.8. The number of para-hydroxylation sites is 1. The van der Waals surface area contributed by atoms with Crippen LogP contribution in [-0.4, -0.2) is 30.2 Å². The number of carbonyl (C=O) groups excluding carboxylic acids is 1. The highest BCUT2D eigenvalue weighted by Gasteiger charge is 2.16. The largest absolute Gasteiger partial charge is 0.474 e. The second-order valence-corrected chi connectivity index (χ2v) is 6.25. The maximum atomic E-state index is 12.3. The summed E-state index contributed by atoms with van der Waals surface area (Å²) < 4.78 is 16.8. The van der Waals surface area contributed by atoms with E-state index >= 15 is 0 Å². The summed E-state index contributed by atoms with van der Waals surface area (Å²) in [5, 5.41) is 3.87. The second kappa shape index (κ2) is 7.58. The molecule has 0 atom stereocenters. The maximum Gasteiger partial charge on any atom is 0.253 e. The fourth-order valence-electron chi connectivity index (χ4n) is 2.94. The zero-order chi connectivity index (χ0) is 17.8. The predicted molar refractivity (Wildman–Crippen MR) is 96.1 cm³/mol. The first kappa shape index (κ1) is 16.6. The Balaban J connectivity index is 1.33. The Labute approximate surface area is 151 Å². The number of aromatic nitrogens is 1. The Kier molecular flexibility index (Phi) is 4.84. The minimum Gasteiger partial charge on any atom is -0.474 e. The Morgan fingerprint density at radius 1 is 1.19 bits per heavy atom. The van der Waals surface area contributed by atoms with Gasteiger partial charge in [-0.25, -0.2) is 4.98 Å². The minimum atomic E-state index is -0.199. The van der Waals surface area contributed by atoms with Crippen LogP contribution < -0.4 is 10.1 Å². The lowest BCUT2D eigenvalue weighted by molar-refractivity contribution is 0.0237. The van der Waals surface area contributed by atoms with Crippen molar-refractivity contribution in [3.63, 3.8) is 0 Å². The van der Waals surface area contributed by atoms with Crippen LogP contribution in [0.3, 0.4) is 0 Å². The van der Waals surface area contributed by atoms with E-state index in [0.717, 1.165) is 23.8 Å². The first-order valence-electron chi connectivity index (χ1n) is 8.74. The molecule has 1 aromatic carbocycles. The summed E-state index contributed by atoms with van der Waals surface area (Å²) >= 11 is 0. The summed E-state index contributed by atoms with van der Waals surface area (Å²) in [7, 11) is 0. The summed E-state index contributed by atoms with van der Waals surface area (Å²) in [6.07, 6.45) is 3.38. The number of fused-ring (bicyclic) bond motifs is 1. The SMILES string of the molecule is O=C(NCc1cc2ccccc2o1)c1ccc(OC2CCOCC2)nc1. The van der Waals surface area contributed by atoms with Crippen molar-refractivity contribution in [2.45, 2.75) is 25.5 Å². The van der Waals surface area contributed by atoms with Gasteiger partial charge in [0.25, 0.3) is 5.91 Å². The highest BCUT2D eigenvalue weighted by atomic mass is 16.5. The van der Waals surface area contributed by atoms with Gasteiger partial charge in [-0.3, -0.25) is 4.79 Å². The molecule has 1 saturated heterocycles. The van der Waals surface area contributed by atoms with Crippen LogP contribution in [0.1, 0.15) is 29.0 Å². The van der Waals surface area contributed by atoms with E-state index in [2.05, 4.69) is 10.3 Å². The molecule has 0 spiro atoms. The van der Waals surface area contributed by atoms with Crippen LogP contribution in [0.25, 0.3) is 11.0 Å². The standard InChI is InChI=1S/C20H20N2O4/c23-20(22-13-17-11-14-3-1-2-4-18(14)25-17)15-5-6-19(21-12-15)26-16-7-9-24-10-8-16/h1-6,11-12,16H,7-10,13H2,(H,22,23). The molecule has 0 saturated carbocycles. The number of pyridine rings is 1. The number of amides is 1. The lowest BCUT2D eigenvalue weighted by Gasteiger charge is -2.22. The van der Waals surface area contributed by atoms with E-state index in [9.17, 15) is 4.79 Å². The molecule has 4 rings (SSSR count). The molecule has 1 N–H and O–H groups in total. The molecule has 3 heterocycles. The molecule has 0 bridgehead atoms. The van der Waals surface area contributed by atoms with Crippen LogP contribution >= 0.6 is 0 Å². The number of nitrogens with zero attached hydrogens (tertiary/aromatic N) is 1. The Bertz CT molecular complexity index is 849. The third-order valence-electron chi connectivity index (χ3n) is 4.35. The number of rotatable bonds is 5. The fourth-order valence-corrected chi connectivity index (χ4v) is 2.94. The molecule has 1 fully saturated rings. The van der Waals surface area contributed by atoms with Gasteiger partial charge in [0.15, 0.2) is 0 Å². The lowest BCUT2D eigenvalue weighted by atomic mass is 10.1. The van der Waals surface area contributed by atoms with Crippen molar-refractivity contribution in [2.75, 3.05) is 13.2 Å². The summed E-state index contributed by atoms with van der Waals surface area (Å²) in [5.74, 6) is 1.05. The Hall–Kier alpha value is -2.86. The number of ether oxygens (including phenoxy) is 2. The summed E-state index contributed by atoms with van der Waals surface area (Å²) in [5.41, 5.74) is 1.30. The molecule has 0 radical (unpaired) electrons. The van der Waals surface area contributed by atoms with Gasteiger partial charge in [0, 0.05) is 30.5 Å². The predicted octanol–water partition coefficient (Wildman–Crippen LogP) is 3.32. The van der Waals surface area contributed by atoms with Gasteiger partial charge in [0.05, 0.1) is 25.3 Å². The average Bonchev–Trinajstić information content (AvgIpc) is 3.10. The van der Waals surface area contributed by atoms with E-state index in [1.165, 1.54) is 6.20 Å². The number of nitrogens with one attached hydrogen (secondary N) is 1. The molecule has 3 aromatic rings. The fraction of sp³-hybridized carbons (Fsp3) is 0.300. The van der Waals surface area contributed by atoms with Crippen LogP contribution in [0, 0.1) is 0 Å². The molecule has 1 amide bonds. The van der Waals surface area contributed by atoms with Gasteiger partial charge in [-0.05, 0) is 18.2 Å². The molecule has 0 unspecified atom stereocenters. The van der Waals surface area contributed by atoms with Gasteiger partial charge < -0.3 is 19.2 Å². The first-order valence-corrected chi connectivity index (χ1v) is 8.74. The summed E-state index contributed by atoms with van der Waals surface area (Å²) in [4.78, 5) is 16.5. The monoisotopic (exact) mass is 352 g/mol. The third kappa shape index (κ3) is 3.86. The number of carbonyl (C=O) groups is 1. The molecule has 2 aromatic heterocycles. The van der Waals surface area contributed by atoms with Gasteiger partial charge in [0.1, 0.15) is 17.4 Å². The van der Waals surface area contributed by atoms with Crippen molar-refractivity contribution in [3.05, 3.63) is 60.0 Å². The van der Waals surface area contributed by atoms with Gasteiger partial charge >= 0.3 is 0 Å². The molecule has 1 aliphatic heterocycles. The zero-order valence-corrected chi connectivity index (χ0v) is 14.3. The third-order valence-corrected chi connectivity index (χ3v) is 4.35. The molecule has 134 valence electrons. The number of hydrogen-bond acceptors (Lipinski definition) is 5. The number of hydrogen-bond donors (Lipinski definition) is 1. The van der Waals surface area contributed by atoms with E-state index in [1.54, 1.807) is 12.1 Å². The van der Waals surface area contributed by atoms with Crippen molar-refractivity contribution in [2.24, 2.45) is 0 Å². The summed E-state index contributed by atoms with van der Waals surface area (Å²) in [6.45, 7) is 1.76. The van der Waals surface area contributed by atoms with E-state index < -0.39 is 0 Å². The van der Waals surface area contributed by atoms with Crippen LogP contribution in [-0.2, 0) is 11.3 Å². The van der Waals surface area contributed by atoms with Crippen LogP contribution in [0.2, 0.25) is 0 Å². The van der Waals surface area contributed by atoms with Gasteiger partial charge in [-0.1, -0.05) is 18.2 Å². The minimum absolute atomic E-state index is 0.129. The van der Waals surface area contributed by atoms with E-state index in [1.807, 2.05) is 30.3 Å². The quantitative estimate of drug-likeness (QED) is 0.762. The smallest absolute Gasteiger partial charge is 0.253 e. The second-order valence-electron chi connectivity index (χ2n) is 6.25. The normalized spacial score (nSPS) is 15.1. The van der Waals surface area contributed by atoms with Crippen LogP contribution in [0.4, 0.5) is 0 Å². The topological polar surface area (TPSA) is 73.6 Å². The molecule has 1 aliphatic rings. The van der Waals surface area contributed by atoms with E-state index in [-0.39, 0.29) is 12.0 Å². The molecule has 6 nitrogen and oxygen atoms in total. The van der Waals surface area contributed by atoms with Crippen LogP contribution in [0.15, 0.2) is 53.1 Å². The molecule has 6 heteroatoms. The zero-order valence-electron chi connectivity index (χ0n) is 14.3. The van der Waals surface area contributed by atoms with E-state index in [4.69, 9.17) is 13.9 Å². The van der Waals surface area contributed by atoms with Crippen molar-refractivity contribution >= 4 is 16.9 Å². The van der Waals surface area contributed by atoms with Gasteiger partial charge in [-0.2, -0.15) is 0 Å². The van der Waals surface area contributed by atoms with Gasteiger partial charge in [-0.15, -0.1) is 0 Å². The molecule has 0 aliphatic carbocycles. The van der Waals surface area contributed by atoms with Crippen molar-refractivity contribution in [3.8, 4) is 5.88 Å². The molecular weight excluding hydrogens is 332 g/mol.